The first kappa shape index (κ1) is 25.0. The van der Waals surface area contributed by atoms with E-state index in [9.17, 15) is 19.2 Å². The average molecular weight is 470 g/mol. The lowest BCUT2D eigenvalue weighted by molar-refractivity contribution is -0.152. The molecule has 1 aliphatic rings. The predicted molar refractivity (Wildman–Crippen MR) is 124 cm³/mol. The molecule has 182 valence electrons. The summed E-state index contributed by atoms with van der Waals surface area (Å²) in [5, 5.41) is 5.54. The highest BCUT2D eigenvalue weighted by Crippen LogP contribution is 2.26. The summed E-state index contributed by atoms with van der Waals surface area (Å²) in [6, 6.07) is 9.23. The van der Waals surface area contributed by atoms with E-state index in [0.29, 0.717) is 5.56 Å². The minimum atomic E-state index is -1.06. The lowest BCUT2D eigenvalue weighted by atomic mass is 9.98. The van der Waals surface area contributed by atoms with Gasteiger partial charge in [-0.15, -0.1) is 0 Å². The van der Waals surface area contributed by atoms with Gasteiger partial charge in [0.1, 0.15) is 12.6 Å². The third-order valence-corrected chi connectivity index (χ3v) is 5.81. The van der Waals surface area contributed by atoms with Gasteiger partial charge >= 0.3 is 5.97 Å². The Kier molecular flexibility index (Phi) is 8.84. The zero-order valence-corrected chi connectivity index (χ0v) is 19.5. The van der Waals surface area contributed by atoms with Crippen molar-refractivity contribution in [2.45, 2.75) is 51.6 Å². The zero-order valence-electron chi connectivity index (χ0n) is 19.5. The van der Waals surface area contributed by atoms with Crippen LogP contribution in [0.1, 0.15) is 60.3 Å². The first-order valence-electron chi connectivity index (χ1n) is 11.5. The molecule has 0 spiro atoms. The SMILES string of the molecule is CCOC(=O)CN(C(=O)CNC(=O)c1ccco1)C(C(=O)NC1CCCC1)c1ccccc1C. The zero-order chi connectivity index (χ0) is 24.5. The number of carbonyl (C=O) groups is 4. The second-order valence-electron chi connectivity index (χ2n) is 8.24. The molecule has 1 saturated carbocycles. The van der Waals surface area contributed by atoms with Crippen molar-refractivity contribution < 1.29 is 28.3 Å². The van der Waals surface area contributed by atoms with Gasteiger partial charge in [0.25, 0.3) is 5.91 Å². The molecule has 34 heavy (non-hydrogen) atoms. The molecular formula is C25H31N3O6. The fraction of sp³-hybridized carbons (Fsp3) is 0.440. The number of benzene rings is 1. The lowest BCUT2D eigenvalue weighted by Gasteiger charge is -2.32. The predicted octanol–water partition coefficient (Wildman–Crippen LogP) is 2.51. The molecule has 1 aromatic carbocycles. The normalized spacial score (nSPS) is 14.3. The van der Waals surface area contributed by atoms with Crippen molar-refractivity contribution in [1.82, 2.24) is 15.5 Å². The Morgan fingerprint density at radius 2 is 1.85 bits per heavy atom. The first-order chi connectivity index (χ1) is 16.4. The molecule has 3 rings (SSSR count). The van der Waals surface area contributed by atoms with Gasteiger partial charge in [0.05, 0.1) is 19.4 Å². The number of nitrogens with zero attached hydrogens (tertiary/aromatic N) is 1. The molecule has 0 aliphatic heterocycles. The molecule has 1 heterocycles. The van der Waals surface area contributed by atoms with E-state index in [1.807, 2.05) is 19.1 Å². The van der Waals surface area contributed by atoms with Gasteiger partial charge in [0, 0.05) is 6.04 Å². The van der Waals surface area contributed by atoms with Crippen molar-refractivity contribution in [3.63, 3.8) is 0 Å². The van der Waals surface area contributed by atoms with Crippen molar-refractivity contribution in [3.05, 3.63) is 59.5 Å². The standard InChI is InChI=1S/C25H31N3O6/c1-3-33-22(30)16-28(21(29)15-26-24(31)20-13-8-14-34-20)23(19-12-7-4-9-17(19)2)25(32)27-18-10-5-6-11-18/h4,7-9,12-14,18,23H,3,5-6,10-11,15-16H2,1-2H3,(H,26,31)(H,27,32). The molecule has 1 atom stereocenters. The van der Waals surface area contributed by atoms with E-state index >= 15 is 0 Å². The van der Waals surface area contributed by atoms with Gasteiger partial charge in [-0.1, -0.05) is 37.1 Å². The number of amides is 3. The Morgan fingerprint density at radius 3 is 2.50 bits per heavy atom. The molecule has 0 radical (unpaired) electrons. The van der Waals surface area contributed by atoms with Gasteiger partial charge in [-0.3, -0.25) is 19.2 Å². The summed E-state index contributed by atoms with van der Waals surface area (Å²) < 4.78 is 10.1. The van der Waals surface area contributed by atoms with Gasteiger partial charge in [-0.05, 0) is 49.9 Å². The summed E-state index contributed by atoms with van der Waals surface area (Å²) in [6.07, 6.45) is 5.16. The maximum atomic E-state index is 13.5. The van der Waals surface area contributed by atoms with Crippen molar-refractivity contribution in [2.75, 3.05) is 19.7 Å². The number of ether oxygens (including phenoxy) is 1. The Labute approximate surface area is 198 Å². The van der Waals surface area contributed by atoms with Gasteiger partial charge in [0.2, 0.25) is 11.8 Å². The maximum Gasteiger partial charge on any atom is 0.325 e. The van der Waals surface area contributed by atoms with Crippen LogP contribution in [0.25, 0.3) is 0 Å². The monoisotopic (exact) mass is 469 g/mol. The van der Waals surface area contributed by atoms with Crippen molar-refractivity contribution in [2.24, 2.45) is 0 Å². The summed E-state index contributed by atoms with van der Waals surface area (Å²) >= 11 is 0. The number of nitrogens with one attached hydrogen (secondary N) is 2. The molecule has 1 fully saturated rings. The number of hydrogen-bond acceptors (Lipinski definition) is 6. The summed E-state index contributed by atoms with van der Waals surface area (Å²) in [5.41, 5.74) is 1.41. The van der Waals surface area contributed by atoms with Crippen LogP contribution in [0, 0.1) is 6.92 Å². The molecule has 1 aromatic heterocycles. The van der Waals surface area contributed by atoms with Crippen LogP contribution in [0.4, 0.5) is 0 Å². The highest BCUT2D eigenvalue weighted by Gasteiger charge is 2.35. The van der Waals surface area contributed by atoms with Gasteiger partial charge in [-0.25, -0.2) is 0 Å². The third-order valence-electron chi connectivity index (χ3n) is 5.81. The molecule has 9 heteroatoms. The van der Waals surface area contributed by atoms with E-state index in [0.717, 1.165) is 31.2 Å². The van der Waals surface area contributed by atoms with Crippen LogP contribution >= 0.6 is 0 Å². The van der Waals surface area contributed by atoms with Crippen LogP contribution < -0.4 is 10.6 Å². The highest BCUT2D eigenvalue weighted by atomic mass is 16.5. The molecule has 3 amide bonds. The maximum absolute atomic E-state index is 13.5. The summed E-state index contributed by atoms with van der Waals surface area (Å²) in [5.74, 6) is -2.11. The largest absolute Gasteiger partial charge is 0.465 e. The van der Waals surface area contributed by atoms with Crippen LogP contribution in [0.15, 0.2) is 47.1 Å². The molecule has 2 N–H and O–H groups in total. The van der Waals surface area contributed by atoms with Crippen LogP contribution in [-0.4, -0.2) is 54.3 Å². The van der Waals surface area contributed by atoms with E-state index < -0.39 is 36.9 Å². The molecule has 1 unspecified atom stereocenters. The van der Waals surface area contributed by atoms with Gasteiger partial charge in [0.15, 0.2) is 5.76 Å². The minimum Gasteiger partial charge on any atom is -0.465 e. The number of esters is 1. The van der Waals surface area contributed by atoms with Crippen molar-refractivity contribution >= 4 is 23.7 Å². The Morgan fingerprint density at radius 1 is 1.12 bits per heavy atom. The smallest absolute Gasteiger partial charge is 0.325 e. The van der Waals surface area contributed by atoms with Crippen molar-refractivity contribution in [3.8, 4) is 0 Å². The van der Waals surface area contributed by atoms with Crippen molar-refractivity contribution in [1.29, 1.82) is 0 Å². The Bertz CT molecular complexity index is 998. The Balaban J connectivity index is 1.88. The fourth-order valence-electron chi connectivity index (χ4n) is 4.12. The average Bonchev–Trinajstić information content (AvgIpc) is 3.53. The third kappa shape index (κ3) is 6.46. The number of furan rings is 1. The van der Waals surface area contributed by atoms with Gasteiger partial charge < -0.3 is 24.7 Å². The van der Waals surface area contributed by atoms with Crippen LogP contribution in [0.3, 0.4) is 0 Å². The molecule has 2 aromatic rings. The topological polar surface area (TPSA) is 118 Å². The minimum absolute atomic E-state index is 0.0252. The highest BCUT2D eigenvalue weighted by molar-refractivity contribution is 5.96. The van der Waals surface area contributed by atoms with Crippen LogP contribution in [0.5, 0.6) is 0 Å². The fourth-order valence-corrected chi connectivity index (χ4v) is 4.12. The number of hydrogen-bond donors (Lipinski definition) is 2. The Hall–Kier alpha value is -3.62. The first-order valence-corrected chi connectivity index (χ1v) is 11.5. The van der Waals surface area contributed by atoms with E-state index in [-0.39, 0.29) is 24.3 Å². The molecular weight excluding hydrogens is 438 g/mol. The number of carbonyl (C=O) groups excluding carboxylic acids is 4. The second-order valence-corrected chi connectivity index (χ2v) is 8.24. The molecule has 0 saturated heterocycles. The number of aryl methyl sites for hydroxylation is 1. The summed E-state index contributed by atoms with van der Waals surface area (Å²) in [4.78, 5) is 52.7. The van der Waals surface area contributed by atoms with Crippen LogP contribution in [0.2, 0.25) is 0 Å². The number of rotatable bonds is 10. The summed E-state index contributed by atoms with van der Waals surface area (Å²) in [7, 11) is 0. The van der Waals surface area contributed by atoms with E-state index in [4.69, 9.17) is 9.15 Å². The van der Waals surface area contributed by atoms with E-state index in [2.05, 4.69) is 10.6 Å². The van der Waals surface area contributed by atoms with Crippen LogP contribution in [-0.2, 0) is 19.1 Å². The van der Waals surface area contributed by atoms with E-state index in [1.54, 1.807) is 25.1 Å². The lowest BCUT2D eigenvalue weighted by Crippen LogP contribution is -2.50. The summed E-state index contributed by atoms with van der Waals surface area (Å²) in [6.45, 7) is 2.80. The quantitative estimate of drug-likeness (QED) is 0.516. The van der Waals surface area contributed by atoms with Gasteiger partial charge in [-0.2, -0.15) is 0 Å². The molecule has 0 bridgehead atoms. The second kappa shape index (κ2) is 12.0. The molecule has 9 nitrogen and oxygen atoms in total. The van der Waals surface area contributed by atoms with E-state index in [1.165, 1.54) is 17.2 Å². The molecule has 1 aliphatic carbocycles.